The van der Waals surface area contributed by atoms with Crippen molar-refractivity contribution in [2.24, 2.45) is 0 Å². The minimum absolute atomic E-state index is 0.164. The molecule has 27 heavy (non-hydrogen) atoms. The van der Waals surface area contributed by atoms with Crippen LogP contribution in [0.15, 0.2) is 36.4 Å². The molecule has 0 saturated heterocycles. The van der Waals surface area contributed by atoms with Crippen molar-refractivity contribution in [3.05, 3.63) is 57.6 Å². The molecule has 0 radical (unpaired) electrons. The third kappa shape index (κ3) is 5.97. The van der Waals surface area contributed by atoms with Gasteiger partial charge in [0, 0.05) is 6.54 Å². The monoisotopic (exact) mass is 425 g/mol. The van der Waals surface area contributed by atoms with E-state index >= 15 is 0 Å². The van der Waals surface area contributed by atoms with Crippen LogP contribution in [0, 0.1) is 12.3 Å². The summed E-state index contributed by atoms with van der Waals surface area (Å²) in [5.74, 6) is 3.25. The quantitative estimate of drug-likeness (QED) is 0.493. The van der Waals surface area contributed by atoms with E-state index < -0.39 is 5.38 Å². The van der Waals surface area contributed by atoms with Gasteiger partial charge in [-0.1, -0.05) is 41.3 Å². The van der Waals surface area contributed by atoms with Crippen LogP contribution in [0.1, 0.15) is 16.5 Å². The van der Waals surface area contributed by atoms with Crippen molar-refractivity contribution in [2.75, 3.05) is 20.3 Å². The molecule has 142 valence electrons. The molecule has 0 bridgehead atoms. The Balaban J connectivity index is 1.92. The third-order valence-corrected chi connectivity index (χ3v) is 4.91. The van der Waals surface area contributed by atoms with Gasteiger partial charge in [0.05, 0.1) is 17.2 Å². The Hall–Kier alpha value is -2.06. The molecule has 2 aromatic carbocycles. The van der Waals surface area contributed by atoms with E-state index in [0.29, 0.717) is 40.1 Å². The number of halogens is 3. The fraction of sp³-hybridized carbons (Fsp3) is 0.250. The smallest absolute Gasteiger partial charge is 0.242 e. The van der Waals surface area contributed by atoms with Gasteiger partial charge in [0.2, 0.25) is 5.91 Å². The standard InChI is InChI=1S/C20H18Cl3NO3/c1-3-10-27-17-7-4-13(11-18(17)26-2)8-9-24-20(25)19(23)14-5-6-15(21)16(22)12-14/h1,4-7,11-12,19H,8-10H2,2H3,(H,24,25). The second-order valence-electron chi connectivity index (χ2n) is 5.56. The van der Waals surface area contributed by atoms with Crippen LogP contribution in [-0.4, -0.2) is 26.2 Å². The number of carbonyl (C=O) groups excluding carboxylic acids is 1. The average Bonchev–Trinajstić information content (AvgIpc) is 2.68. The number of rotatable bonds is 8. The van der Waals surface area contributed by atoms with Gasteiger partial charge in [0.25, 0.3) is 0 Å². The maximum absolute atomic E-state index is 12.2. The Labute approximate surface area is 173 Å². The summed E-state index contributed by atoms with van der Waals surface area (Å²) in [5, 5.41) is 2.72. The van der Waals surface area contributed by atoms with Crippen molar-refractivity contribution in [3.63, 3.8) is 0 Å². The van der Waals surface area contributed by atoms with Crippen LogP contribution in [0.4, 0.5) is 0 Å². The number of benzene rings is 2. The highest BCUT2D eigenvalue weighted by Gasteiger charge is 2.18. The zero-order valence-corrected chi connectivity index (χ0v) is 16.9. The lowest BCUT2D eigenvalue weighted by Gasteiger charge is -2.13. The van der Waals surface area contributed by atoms with Crippen LogP contribution in [0.25, 0.3) is 0 Å². The van der Waals surface area contributed by atoms with Crippen molar-refractivity contribution in [2.45, 2.75) is 11.8 Å². The molecular weight excluding hydrogens is 409 g/mol. The summed E-state index contributed by atoms with van der Waals surface area (Å²) in [6.45, 7) is 0.578. The first-order valence-electron chi connectivity index (χ1n) is 8.06. The van der Waals surface area contributed by atoms with E-state index in [9.17, 15) is 4.79 Å². The number of alkyl halides is 1. The van der Waals surface area contributed by atoms with E-state index in [1.54, 1.807) is 31.4 Å². The third-order valence-electron chi connectivity index (χ3n) is 3.72. The summed E-state index contributed by atoms with van der Waals surface area (Å²) in [6.07, 6.45) is 5.79. The zero-order valence-electron chi connectivity index (χ0n) is 14.6. The number of methoxy groups -OCH3 is 1. The maximum Gasteiger partial charge on any atom is 0.242 e. The van der Waals surface area contributed by atoms with Gasteiger partial charge in [0.15, 0.2) is 11.5 Å². The number of hydrogen-bond donors (Lipinski definition) is 1. The largest absolute Gasteiger partial charge is 0.493 e. The molecule has 1 atom stereocenters. The first-order valence-corrected chi connectivity index (χ1v) is 9.25. The minimum atomic E-state index is -0.853. The normalized spacial score (nSPS) is 11.4. The predicted molar refractivity (Wildman–Crippen MR) is 109 cm³/mol. The van der Waals surface area contributed by atoms with Crippen LogP contribution in [-0.2, 0) is 11.2 Å². The van der Waals surface area contributed by atoms with Gasteiger partial charge in [-0.15, -0.1) is 18.0 Å². The molecule has 0 saturated carbocycles. The molecule has 1 unspecified atom stereocenters. The van der Waals surface area contributed by atoms with Crippen LogP contribution >= 0.6 is 34.8 Å². The lowest BCUT2D eigenvalue weighted by molar-refractivity contribution is -0.120. The Morgan fingerprint density at radius 1 is 1.19 bits per heavy atom. The Bertz CT molecular complexity index is 849. The van der Waals surface area contributed by atoms with Crippen molar-refractivity contribution in [1.29, 1.82) is 0 Å². The molecule has 0 aromatic heterocycles. The Morgan fingerprint density at radius 3 is 2.63 bits per heavy atom. The zero-order chi connectivity index (χ0) is 19.8. The van der Waals surface area contributed by atoms with Gasteiger partial charge in [-0.2, -0.15) is 0 Å². The lowest BCUT2D eigenvalue weighted by Crippen LogP contribution is -2.28. The highest BCUT2D eigenvalue weighted by Crippen LogP contribution is 2.29. The molecule has 2 rings (SSSR count). The molecular formula is C20H18Cl3NO3. The molecule has 0 aliphatic heterocycles. The first-order chi connectivity index (χ1) is 13.0. The number of terminal acetylenes is 1. The first kappa shape index (κ1) is 21.2. The predicted octanol–water partition coefficient (Wildman–Crippen LogP) is 4.65. The summed E-state index contributed by atoms with van der Waals surface area (Å²) in [7, 11) is 1.55. The van der Waals surface area contributed by atoms with Gasteiger partial charge in [-0.25, -0.2) is 0 Å². The lowest BCUT2D eigenvalue weighted by atomic mass is 10.1. The number of hydrogen-bond acceptors (Lipinski definition) is 3. The molecule has 1 N–H and O–H groups in total. The maximum atomic E-state index is 12.2. The molecule has 2 aromatic rings. The van der Waals surface area contributed by atoms with Crippen molar-refractivity contribution in [1.82, 2.24) is 5.32 Å². The minimum Gasteiger partial charge on any atom is -0.493 e. The van der Waals surface area contributed by atoms with Crippen molar-refractivity contribution >= 4 is 40.7 Å². The number of nitrogens with one attached hydrogen (secondary N) is 1. The molecule has 4 nitrogen and oxygen atoms in total. The second kappa shape index (κ2) is 10.3. The molecule has 0 fully saturated rings. The molecule has 0 aliphatic carbocycles. The van der Waals surface area contributed by atoms with E-state index in [0.717, 1.165) is 5.56 Å². The van der Waals surface area contributed by atoms with Crippen LogP contribution in [0.5, 0.6) is 11.5 Å². The summed E-state index contributed by atoms with van der Waals surface area (Å²) in [5.41, 5.74) is 1.56. The number of ether oxygens (including phenoxy) is 2. The van der Waals surface area contributed by atoms with Gasteiger partial charge in [-0.3, -0.25) is 4.79 Å². The molecule has 0 aliphatic rings. The Kier molecular flexibility index (Phi) is 8.12. The van der Waals surface area contributed by atoms with Crippen LogP contribution < -0.4 is 14.8 Å². The van der Waals surface area contributed by atoms with E-state index in [1.165, 1.54) is 0 Å². The van der Waals surface area contributed by atoms with Crippen molar-refractivity contribution in [3.8, 4) is 23.8 Å². The van der Waals surface area contributed by atoms with Crippen molar-refractivity contribution < 1.29 is 14.3 Å². The van der Waals surface area contributed by atoms with Gasteiger partial charge in [0.1, 0.15) is 12.0 Å². The fourth-order valence-electron chi connectivity index (χ4n) is 2.35. The molecule has 0 spiro atoms. The van der Waals surface area contributed by atoms with E-state index in [-0.39, 0.29) is 12.5 Å². The van der Waals surface area contributed by atoms with Crippen LogP contribution in [0.2, 0.25) is 10.0 Å². The molecule has 1 amide bonds. The molecule has 7 heteroatoms. The van der Waals surface area contributed by atoms with Gasteiger partial charge < -0.3 is 14.8 Å². The summed E-state index contributed by atoms with van der Waals surface area (Å²) >= 11 is 18.1. The van der Waals surface area contributed by atoms with Crippen LogP contribution in [0.3, 0.4) is 0 Å². The second-order valence-corrected chi connectivity index (χ2v) is 6.81. The highest BCUT2D eigenvalue weighted by atomic mass is 35.5. The van der Waals surface area contributed by atoms with E-state index in [1.807, 2.05) is 12.1 Å². The van der Waals surface area contributed by atoms with Gasteiger partial charge in [-0.05, 0) is 41.8 Å². The fourth-order valence-corrected chi connectivity index (χ4v) is 2.87. The highest BCUT2D eigenvalue weighted by molar-refractivity contribution is 6.42. The SMILES string of the molecule is C#CCOc1ccc(CCNC(=O)C(Cl)c2ccc(Cl)c(Cl)c2)cc1OC. The summed E-state index contributed by atoms with van der Waals surface area (Å²) in [4.78, 5) is 12.2. The molecule has 0 heterocycles. The number of carbonyl (C=O) groups is 1. The summed E-state index contributed by atoms with van der Waals surface area (Å²) < 4.78 is 10.7. The van der Waals surface area contributed by atoms with Gasteiger partial charge >= 0.3 is 0 Å². The Morgan fingerprint density at radius 2 is 1.96 bits per heavy atom. The van der Waals surface area contributed by atoms with E-state index in [2.05, 4.69) is 11.2 Å². The topological polar surface area (TPSA) is 47.6 Å². The van der Waals surface area contributed by atoms with E-state index in [4.69, 9.17) is 50.7 Å². The number of amides is 1. The average molecular weight is 427 g/mol. The summed E-state index contributed by atoms with van der Waals surface area (Å²) in [6, 6.07) is 10.4.